The van der Waals surface area contributed by atoms with E-state index >= 15 is 0 Å². The Labute approximate surface area is 106 Å². The van der Waals surface area contributed by atoms with E-state index in [-0.39, 0.29) is 12.6 Å². The third-order valence-corrected chi connectivity index (χ3v) is 2.82. The minimum atomic E-state index is -0.0784. The Bertz CT molecular complexity index is 213. The van der Waals surface area contributed by atoms with Crippen molar-refractivity contribution in [3.63, 3.8) is 0 Å². The van der Waals surface area contributed by atoms with Gasteiger partial charge < -0.3 is 16.2 Å². The van der Waals surface area contributed by atoms with E-state index in [1.807, 2.05) is 6.92 Å². The molecular formula is C13H29N3O. The van der Waals surface area contributed by atoms with Gasteiger partial charge in [-0.2, -0.15) is 0 Å². The molecule has 0 fully saturated rings. The number of aliphatic imine (C=N–C) groups is 1. The maximum absolute atomic E-state index is 9.02. The number of nitrogens with zero attached hydrogens (tertiary/aromatic N) is 1. The van der Waals surface area contributed by atoms with E-state index in [0.717, 1.165) is 18.8 Å². The van der Waals surface area contributed by atoms with Gasteiger partial charge in [0.2, 0.25) is 0 Å². The third kappa shape index (κ3) is 8.98. The molecule has 0 aromatic rings. The predicted molar refractivity (Wildman–Crippen MR) is 74.1 cm³/mol. The zero-order valence-electron chi connectivity index (χ0n) is 11.7. The van der Waals surface area contributed by atoms with E-state index in [9.17, 15) is 0 Å². The summed E-state index contributed by atoms with van der Waals surface area (Å²) in [5.41, 5.74) is 5.79. The molecule has 0 saturated heterocycles. The van der Waals surface area contributed by atoms with Crippen LogP contribution in [0.15, 0.2) is 4.99 Å². The highest BCUT2D eigenvalue weighted by molar-refractivity contribution is 5.78. The van der Waals surface area contributed by atoms with E-state index in [0.29, 0.717) is 12.0 Å². The molecule has 0 aliphatic rings. The van der Waals surface area contributed by atoms with Crippen LogP contribution in [-0.4, -0.2) is 29.8 Å². The molecule has 102 valence electrons. The number of hydrogen-bond acceptors (Lipinski definition) is 2. The van der Waals surface area contributed by atoms with Gasteiger partial charge in [-0.25, -0.2) is 4.99 Å². The molecule has 4 heteroatoms. The van der Waals surface area contributed by atoms with Gasteiger partial charge in [-0.3, -0.25) is 0 Å². The molecule has 0 bridgehead atoms. The van der Waals surface area contributed by atoms with Crippen LogP contribution in [0.4, 0.5) is 0 Å². The molecule has 0 aromatic heterocycles. The second-order valence-electron chi connectivity index (χ2n) is 5.13. The van der Waals surface area contributed by atoms with Crippen LogP contribution in [0.2, 0.25) is 0 Å². The fourth-order valence-electron chi connectivity index (χ4n) is 1.65. The van der Waals surface area contributed by atoms with Crippen molar-refractivity contribution < 1.29 is 5.11 Å². The maximum atomic E-state index is 9.02. The minimum absolute atomic E-state index is 0.0562. The molecule has 0 aliphatic carbocycles. The van der Waals surface area contributed by atoms with Crippen molar-refractivity contribution in [3.05, 3.63) is 0 Å². The first-order valence-corrected chi connectivity index (χ1v) is 6.70. The summed E-state index contributed by atoms with van der Waals surface area (Å²) in [6, 6.07) is 0.263. The van der Waals surface area contributed by atoms with Crippen molar-refractivity contribution in [1.82, 2.24) is 5.32 Å². The SMILES string of the molecule is CC[C@H](CO)N=C(N)NC(C)CCCC(C)C. The van der Waals surface area contributed by atoms with Gasteiger partial charge in [0.25, 0.3) is 0 Å². The van der Waals surface area contributed by atoms with E-state index in [1.54, 1.807) is 0 Å². The predicted octanol–water partition coefficient (Wildman–Crippen LogP) is 1.88. The van der Waals surface area contributed by atoms with Crippen molar-refractivity contribution in [3.8, 4) is 0 Å². The second kappa shape index (κ2) is 9.28. The Hall–Kier alpha value is -0.770. The summed E-state index contributed by atoms with van der Waals surface area (Å²) in [5, 5.41) is 12.2. The summed E-state index contributed by atoms with van der Waals surface area (Å²) >= 11 is 0. The number of nitrogens with one attached hydrogen (secondary N) is 1. The van der Waals surface area contributed by atoms with E-state index in [4.69, 9.17) is 10.8 Å². The normalized spacial score (nSPS) is 16.0. The number of aliphatic hydroxyl groups is 1. The first-order valence-electron chi connectivity index (χ1n) is 6.70. The quantitative estimate of drug-likeness (QED) is 0.450. The van der Waals surface area contributed by atoms with Crippen LogP contribution in [-0.2, 0) is 0 Å². The van der Waals surface area contributed by atoms with Crippen LogP contribution in [0.25, 0.3) is 0 Å². The molecular weight excluding hydrogens is 214 g/mol. The highest BCUT2D eigenvalue weighted by Gasteiger charge is 2.06. The van der Waals surface area contributed by atoms with Crippen LogP contribution in [0.1, 0.15) is 53.4 Å². The first kappa shape index (κ1) is 16.2. The lowest BCUT2D eigenvalue weighted by Gasteiger charge is -2.16. The molecule has 2 atom stereocenters. The average Bonchev–Trinajstić information content (AvgIpc) is 2.25. The van der Waals surface area contributed by atoms with Crippen molar-refractivity contribution in [2.45, 2.75) is 65.5 Å². The lowest BCUT2D eigenvalue weighted by atomic mass is 10.0. The largest absolute Gasteiger partial charge is 0.394 e. The van der Waals surface area contributed by atoms with Crippen LogP contribution in [0, 0.1) is 5.92 Å². The van der Waals surface area contributed by atoms with Crippen LogP contribution >= 0.6 is 0 Å². The number of hydrogen-bond donors (Lipinski definition) is 3. The lowest BCUT2D eigenvalue weighted by molar-refractivity contribution is 0.263. The molecule has 0 aliphatic heterocycles. The number of guanidine groups is 1. The first-order chi connectivity index (χ1) is 7.99. The Morgan fingerprint density at radius 1 is 1.29 bits per heavy atom. The highest BCUT2D eigenvalue weighted by Crippen LogP contribution is 2.08. The van der Waals surface area contributed by atoms with Gasteiger partial charge in [0.1, 0.15) is 0 Å². The maximum Gasteiger partial charge on any atom is 0.189 e. The van der Waals surface area contributed by atoms with Crippen molar-refractivity contribution in [2.24, 2.45) is 16.6 Å². The molecule has 17 heavy (non-hydrogen) atoms. The zero-order chi connectivity index (χ0) is 13.3. The fraction of sp³-hybridized carbons (Fsp3) is 0.923. The van der Waals surface area contributed by atoms with E-state index < -0.39 is 0 Å². The van der Waals surface area contributed by atoms with Gasteiger partial charge in [0.15, 0.2) is 5.96 Å². The molecule has 0 aromatic carbocycles. The number of rotatable bonds is 8. The van der Waals surface area contributed by atoms with Gasteiger partial charge in [-0.1, -0.05) is 33.6 Å². The minimum Gasteiger partial charge on any atom is -0.394 e. The molecule has 0 amide bonds. The molecule has 0 rings (SSSR count). The van der Waals surface area contributed by atoms with Crippen LogP contribution in [0.5, 0.6) is 0 Å². The van der Waals surface area contributed by atoms with Gasteiger partial charge in [-0.05, 0) is 25.7 Å². The smallest absolute Gasteiger partial charge is 0.189 e. The van der Waals surface area contributed by atoms with Crippen LogP contribution < -0.4 is 11.1 Å². The van der Waals surface area contributed by atoms with Gasteiger partial charge in [-0.15, -0.1) is 0 Å². The lowest BCUT2D eigenvalue weighted by Crippen LogP contribution is -2.39. The molecule has 0 saturated carbocycles. The molecule has 1 unspecified atom stereocenters. The summed E-state index contributed by atoms with van der Waals surface area (Å²) in [6.45, 7) is 8.63. The second-order valence-corrected chi connectivity index (χ2v) is 5.13. The summed E-state index contributed by atoms with van der Waals surface area (Å²) in [4.78, 5) is 4.23. The monoisotopic (exact) mass is 243 g/mol. The topological polar surface area (TPSA) is 70.6 Å². The highest BCUT2D eigenvalue weighted by atomic mass is 16.3. The summed E-state index contributed by atoms with van der Waals surface area (Å²) in [6.07, 6.45) is 4.36. The van der Waals surface area contributed by atoms with Crippen molar-refractivity contribution in [2.75, 3.05) is 6.61 Å². The summed E-state index contributed by atoms with van der Waals surface area (Å²) < 4.78 is 0. The van der Waals surface area contributed by atoms with Gasteiger partial charge >= 0.3 is 0 Å². The van der Waals surface area contributed by atoms with Crippen molar-refractivity contribution >= 4 is 5.96 Å². The molecule has 4 nitrogen and oxygen atoms in total. The Kier molecular flexibility index (Phi) is 8.86. The molecule has 4 N–H and O–H groups in total. The van der Waals surface area contributed by atoms with Gasteiger partial charge in [0, 0.05) is 6.04 Å². The molecule has 0 heterocycles. The standard InChI is InChI=1S/C13H29N3O/c1-5-12(9-17)16-13(14)15-11(4)8-6-7-10(2)3/h10-12,17H,5-9H2,1-4H3,(H3,14,15,16)/t11?,12-/m1/s1. The number of nitrogens with two attached hydrogens (primary N) is 1. The van der Waals surface area contributed by atoms with Crippen LogP contribution in [0.3, 0.4) is 0 Å². The zero-order valence-corrected chi connectivity index (χ0v) is 11.7. The Morgan fingerprint density at radius 2 is 1.94 bits per heavy atom. The summed E-state index contributed by atoms with van der Waals surface area (Å²) in [7, 11) is 0. The fourth-order valence-corrected chi connectivity index (χ4v) is 1.65. The third-order valence-electron chi connectivity index (χ3n) is 2.82. The summed E-state index contributed by atoms with van der Waals surface area (Å²) in [5.74, 6) is 1.20. The Balaban J connectivity index is 3.89. The van der Waals surface area contributed by atoms with Crippen molar-refractivity contribution in [1.29, 1.82) is 0 Å². The molecule has 0 radical (unpaired) electrons. The Morgan fingerprint density at radius 3 is 2.41 bits per heavy atom. The van der Waals surface area contributed by atoms with E-state index in [2.05, 4.69) is 31.1 Å². The molecule has 0 spiro atoms. The average molecular weight is 243 g/mol. The van der Waals surface area contributed by atoms with E-state index in [1.165, 1.54) is 12.8 Å². The van der Waals surface area contributed by atoms with Gasteiger partial charge in [0.05, 0.1) is 12.6 Å². The number of aliphatic hydroxyl groups excluding tert-OH is 1.